The molecule has 1 aliphatic rings. The summed E-state index contributed by atoms with van der Waals surface area (Å²) in [4.78, 5) is 28.3. The van der Waals surface area contributed by atoms with Crippen LogP contribution in [0.5, 0.6) is 5.75 Å². The van der Waals surface area contributed by atoms with Crippen molar-refractivity contribution in [3.63, 3.8) is 0 Å². The minimum atomic E-state index is -0.534. The molecule has 1 fully saturated rings. The maximum Gasteiger partial charge on any atom is 0.311 e. The van der Waals surface area contributed by atoms with Gasteiger partial charge in [0.05, 0.1) is 12.0 Å². The van der Waals surface area contributed by atoms with Crippen LogP contribution in [0.4, 0.5) is 5.69 Å². The number of carbonyl (C=O) groups excluding carboxylic acids is 1. The van der Waals surface area contributed by atoms with Crippen molar-refractivity contribution >= 4 is 23.2 Å². The summed E-state index contributed by atoms with van der Waals surface area (Å²) in [7, 11) is 1.37. The standard InChI is InChI=1S/C23H28ClN3O4/c1-17-9-11-25(12-10-17)13-14-26(16-18-3-6-20(24)7-4-18)23(28)19-5-8-22(31-2)21(15-19)27(29)30/h3-8,15,17H,9-14,16H2,1-2H3. The first-order valence-corrected chi connectivity index (χ1v) is 10.8. The van der Waals surface area contributed by atoms with Gasteiger partial charge in [-0.25, -0.2) is 0 Å². The molecule has 1 amide bonds. The fraction of sp³-hybridized carbons (Fsp3) is 0.435. The van der Waals surface area contributed by atoms with E-state index in [0.717, 1.165) is 44.0 Å². The third kappa shape index (κ3) is 6.18. The number of piperidine rings is 1. The van der Waals surface area contributed by atoms with E-state index in [4.69, 9.17) is 16.3 Å². The Morgan fingerprint density at radius 1 is 1.23 bits per heavy atom. The lowest BCUT2D eigenvalue weighted by molar-refractivity contribution is -0.385. The van der Waals surface area contributed by atoms with E-state index in [9.17, 15) is 14.9 Å². The fourth-order valence-electron chi connectivity index (χ4n) is 3.76. The highest BCUT2D eigenvalue weighted by Crippen LogP contribution is 2.28. The Hall–Kier alpha value is -2.64. The summed E-state index contributed by atoms with van der Waals surface area (Å²) in [6, 6.07) is 11.7. The van der Waals surface area contributed by atoms with Crippen LogP contribution < -0.4 is 4.74 Å². The number of methoxy groups -OCH3 is 1. The number of hydrogen-bond acceptors (Lipinski definition) is 5. The first kappa shape index (κ1) is 23.0. The van der Waals surface area contributed by atoms with Crippen LogP contribution in [0.3, 0.4) is 0 Å². The Balaban J connectivity index is 1.80. The molecule has 7 nitrogen and oxygen atoms in total. The summed E-state index contributed by atoms with van der Waals surface area (Å²) in [5.74, 6) is 0.627. The summed E-state index contributed by atoms with van der Waals surface area (Å²) in [5.41, 5.74) is 1.01. The smallest absolute Gasteiger partial charge is 0.311 e. The Morgan fingerprint density at radius 3 is 2.52 bits per heavy atom. The van der Waals surface area contributed by atoms with Crippen LogP contribution in [0.2, 0.25) is 5.02 Å². The fourth-order valence-corrected chi connectivity index (χ4v) is 3.88. The van der Waals surface area contributed by atoms with E-state index in [-0.39, 0.29) is 22.9 Å². The third-order valence-corrected chi connectivity index (χ3v) is 6.01. The summed E-state index contributed by atoms with van der Waals surface area (Å²) in [5, 5.41) is 12.0. The quantitative estimate of drug-likeness (QED) is 0.437. The molecule has 1 heterocycles. The summed E-state index contributed by atoms with van der Waals surface area (Å²) >= 11 is 5.99. The number of nitro benzene ring substituents is 1. The van der Waals surface area contributed by atoms with Gasteiger partial charge in [-0.3, -0.25) is 14.9 Å². The van der Waals surface area contributed by atoms with Gasteiger partial charge in [-0.1, -0.05) is 30.7 Å². The average Bonchev–Trinajstić information content (AvgIpc) is 2.78. The van der Waals surface area contributed by atoms with Crippen molar-refractivity contribution in [1.82, 2.24) is 9.80 Å². The molecule has 1 saturated heterocycles. The highest BCUT2D eigenvalue weighted by Gasteiger charge is 2.23. The zero-order valence-corrected chi connectivity index (χ0v) is 18.7. The van der Waals surface area contributed by atoms with E-state index in [1.807, 2.05) is 12.1 Å². The second-order valence-electron chi connectivity index (χ2n) is 8.02. The number of nitro groups is 1. The van der Waals surface area contributed by atoms with Gasteiger partial charge in [0.1, 0.15) is 0 Å². The number of hydrogen-bond donors (Lipinski definition) is 0. The summed E-state index contributed by atoms with van der Waals surface area (Å²) in [6.45, 7) is 6.03. The van der Waals surface area contributed by atoms with Crippen molar-refractivity contribution in [2.75, 3.05) is 33.3 Å². The Morgan fingerprint density at radius 2 is 1.90 bits per heavy atom. The Labute approximate surface area is 187 Å². The molecular formula is C23H28ClN3O4. The van der Waals surface area contributed by atoms with E-state index in [2.05, 4.69) is 11.8 Å². The molecule has 3 rings (SSSR count). The number of amides is 1. The molecule has 0 radical (unpaired) electrons. The summed E-state index contributed by atoms with van der Waals surface area (Å²) in [6.07, 6.45) is 2.33. The molecular weight excluding hydrogens is 418 g/mol. The van der Waals surface area contributed by atoms with Crippen molar-refractivity contribution in [3.8, 4) is 5.75 Å². The zero-order valence-electron chi connectivity index (χ0n) is 17.9. The van der Waals surface area contributed by atoms with Crippen molar-refractivity contribution in [1.29, 1.82) is 0 Å². The molecule has 8 heteroatoms. The number of rotatable bonds is 8. The number of ether oxygens (including phenoxy) is 1. The normalized spacial score (nSPS) is 14.9. The molecule has 2 aromatic carbocycles. The van der Waals surface area contributed by atoms with Crippen LogP contribution in [0.25, 0.3) is 0 Å². The van der Waals surface area contributed by atoms with Gasteiger partial charge in [0.2, 0.25) is 0 Å². The molecule has 166 valence electrons. The minimum absolute atomic E-state index is 0.133. The van der Waals surface area contributed by atoms with Gasteiger partial charge >= 0.3 is 5.69 Å². The van der Waals surface area contributed by atoms with Crippen LogP contribution in [-0.4, -0.2) is 53.9 Å². The number of halogens is 1. The van der Waals surface area contributed by atoms with Crippen LogP contribution in [-0.2, 0) is 6.54 Å². The van der Waals surface area contributed by atoms with Crippen LogP contribution in [0.15, 0.2) is 42.5 Å². The topological polar surface area (TPSA) is 75.9 Å². The largest absolute Gasteiger partial charge is 0.490 e. The first-order chi connectivity index (χ1) is 14.9. The number of benzene rings is 2. The lowest BCUT2D eigenvalue weighted by Crippen LogP contribution is -2.41. The van der Waals surface area contributed by atoms with E-state index >= 15 is 0 Å². The monoisotopic (exact) mass is 445 g/mol. The van der Waals surface area contributed by atoms with E-state index in [0.29, 0.717) is 18.1 Å². The Kier molecular flexibility index (Phi) is 7.87. The maximum atomic E-state index is 13.3. The minimum Gasteiger partial charge on any atom is -0.490 e. The highest BCUT2D eigenvalue weighted by molar-refractivity contribution is 6.30. The lowest BCUT2D eigenvalue weighted by Gasteiger charge is -2.32. The molecule has 0 N–H and O–H groups in total. The molecule has 0 aliphatic carbocycles. The molecule has 0 bridgehead atoms. The first-order valence-electron chi connectivity index (χ1n) is 10.5. The van der Waals surface area contributed by atoms with Gasteiger partial charge in [-0.05, 0) is 61.7 Å². The van der Waals surface area contributed by atoms with Gasteiger partial charge in [0, 0.05) is 36.3 Å². The van der Waals surface area contributed by atoms with Gasteiger partial charge < -0.3 is 14.5 Å². The molecule has 2 aromatic rings. The number of carbonyl (C=O) groups is 1. The third-order valence-electron chi connectivity index (χ3n) is 5.76. The molecule has 0 aromatic heterocycles. The van der Waals surface area contributed by atoms with Crippen LogP contribution in [0, 0.1) is 16.0 Å². The maximum absolute atomic E-state index is 13.3. The van der Waals surface area contributed by atoms with Crippen molar-refractivity contribution in [2.45, 2.75) is 26.3 Å². The van der Waals surface area contributed by atoms with Gasteiger partial charge in [-0.2, -0.15) is 0 Å². The predicted octanol–water partition coefficient (Wildman–Crippen LogP) is 4.63. The van der Waals surface area contributed by atoms with Gasteiger partial charge in [0.15, 0.2) is 5.75 Å². The summed E-state index contributed by atoms with van der Waals surface area (Å²) < 4.78 is 5.06. The molecule has 0 atom stereocenters. The van der Waals surface area contributed by atoms with E-state index in [1.165, 1.54) is 19.2 Å². The molecule has 0 spiro atoms. The second kappa shape index (κ2) is 10.6. The van der Waals surface area contributed by atoms with E-state index in [1.54, 1.807) is 23.1 Å². The van der Waals surface area contributed by atoms with Gasteiger partial charge in [-0.15, -0.1) is 0 Å². The second-order valence-corrected chi connectivity index (χ2v) is 8.46. The molecule has 31 heavy (non-hydrogen) atoms. The molecule has 0 unspecified atom stereocenters. The van der Waals surface area contributed by atoms with Crippen LogP contribution >= 0.6 is 11.6 Å². The zero-order chi connectivity index (χ0) is 22.4. The number of likely N-dealkylation sites (tertiary alicyclic amines) is 1. The highest BCUT2D eigenvalue weighted by atomic mass is 35.5. The van der Waals surface area contributed by atoms with E-state index < -0.39 is 4.92 Å². The van der Waals surface area contributed by atoms with Crippen molar-refractivity contribution < 1.29 is 14.5 Å². The molecule has 0 saturated carbocycles. The van der Waals surface area contributed by atoms with Crippen LogP contribution in [0.1, 0.15) is 35.7 Å². The lowest BCUT2D eigenvalue weighted by atomic mass is 9.99. The molecule has 1 aliphatic heterocycles. The number of nitrogens with zero attached hydrogens (tertiary/aromatic N) is 3. The van der Waals surface area contributed by atoms with Crippen molar-refractivity contribution in [2.24, 2.45) is 5.92 Å². The van der Waals surface area contributed by atoms with Crippen molar-refractivity contribution in [3.05, 3.63) is 68.7 Å². The average molecular weight is 446 g/mol. The SMILES string of the molecule is COc1ccc(C(=O)N(CCN2CCC(C)CC2)Cc2ccc(Cl)cc2)cc1[N+](=O)[O-]. The van der Waals surface area contributed by atoms with Gasteiger partial charge in [0.25, 0.3) is 5.91 Å². The Bertz CT molecular complexity index is 912. The predicted molar refractivity (Wildman–Crippen MR) is 121 cm³/mol.